The minimum atomic E-state index is -0.770. The second kappa shape index (κ2) is 1.67. The molecule has 4 atom stereocenters. The van der Waals surface area contributed by atoms with Gasteiger partial charge in [0.05, 0.1) is 6.61 Å². The van der Waals surface area contributed by atoms with E-state index in [2.05, 4.69) is 0 Å². The number of aliphatic hydroxyl groups is 2. The lowest BCUT2D eigenvalue weighted by atomic mass is 10.1. The number of aliphatic hydroxyl groups excluding tert-OH is 2. The Morgan fingerprint density at radius 2 is 2.11 bits per heavy atom. The minimum absolute atomic E-state index is 0.183. The quantitative estimate of drug-likeness (QED) is 0.392. The third-order valence-electron chi connectivity index (χ3n) is 1.64. The van der Waals surface area contributed by atoms with Crippen molar-refractivity contribution < 1.29 is 19.7 Å². The van der Waals surface area contributed by atoms with Crippen molar-refractivity contribution in [3.8, 4) is 0 Å². The zero-order valence-electron chi connectivity index (χ0n) is 4.73. The van der Waals surface area contributed by atoms with Crippen molar-refractivity contribution in [1.29, 1.82) is 0 Å². The highest BCUT2D eigenvalue weighted by Crippen LogP contribution is 2.32. The Hall–Kier alpha value is -0.160. The van der Waals surface area contributed by atoms with Gasteiger partial charge in [0.15, 0.2) is 6.29 Å². The van der Waals surface area contributed by atoms with E-state index in [4.69, 9.17) is 19.7 Å². The van der Waals surface area contributed by atoms with Gasteiger partial charge in [-0.25, -0.2) is 0 Å². The molecule has 1 unspecified atom stereocenters. The van der Waals surface area contributed by atoms with Gasteiger partial charge in [-0.2, -0.15) is 0 Å². The van der Waals surface area contributed by atoms with Crippen molar-refractivity contribution in [2.75, 3.05) is 6.61 Å². The molecule has 0 radical (unpaired) electrons. The average molecular weight is 132 g/mol. The largest absolute Gasteiger partial charge is 0.388 e. The van der Waals surface area contributed by atoms with Crippen LogP contribution in [0.5, 0.6) is 0 Å². The maximum absolute atomic E-state index is 9.03. The highest BCUT2D eigenvalue weighted by molar-refractivity contribution is 4.92. The molecule has 0 amide bonds. The van der Waals surface area contributed by atoms with Crippen LogP contribution in [0.3, 0.4) is 0 Å². The molecule has 0 spiro atoms. The van der Waals surface area contributed by atoms with Crippen LogP contribution in [0.15, 0.2) is 0 Å². The Labute approximate surface area is 52.0 Å². The maximum Gasteiger partial charge on any atom is 0.187 e. The van der Waals surface area contributed by atoms with Gasteiger partial charge < -0.3 is 19.7 Å². The Kier molecular flexibility index (Phi) is 1.04. The van der Waals surface area contributed by atoms with Crippen molar-refractivity contribution in [1.82, 2.24) is 0 Å². The molecule has 2 saturated heterocycles. The topological polar surface area (TPSA) is 62.2 Å². The van der Waals surface area contributed by atoms with E-state index in [1.807, 2.05) is 0 Å². The van der Waals surface area contributed by atoms with E-state index in [-0.39, 0.29) is 19.0 Å². The monoisotopic (exact) mass is 132 g/mol. The van der Waals surface area contributed by atoms with Crippen LogP contribution in [0.1, 0.15) is 0 Å². The van der Waals surface area contributed by atoms with E-state index >= 15 is 0 Å². The third kappa shape index (κ3) is 0.753. The van der Waals surface area contributed by atoms with Crippen molar-refractivity contribution in [2.45, 2.75) is 24.6 Å². The summed E-state index contributed by atoms with van der Waals surface area (Å²) in [6.45, 7) is 0.183. The van der Waals surface area contributed by atoms with E-state index in [0.717, 1.165) is 0 Å². The second-order valence-corrected chi connectivity index (χ2v) is 2.36. The summed E-state index contributed by atoms with van der Waals surface area (Å²) >= 11 is 0. The summed E-state index contributed by atoms with van der Waals surface area (Å²) in [6.07, 6.45) is -2.03. The number of ether oxygens (including phenoxy) is 2. The van der Waals surface area contributed by atoms with Gasteiger partial charge in [0.25, 0.3) is 0 Å². The Bertz CT molecular complexity index is 124. The lowest BCUT2D eigenvalue weighted by Gasteiger charge is -2.18. The van der Waals surface area contributed by atoms with Gasteiger partial charge in [-0.3, -0.25) is 0 Å². The van der Waals surface area contributed by atoms with Gasteiger partial charge in [0.2, 0.25) is 0 Å². The molecule has 52 valence electrons. The molecule has 2 fully saturated rings. The van der Waals surface area contributed by atoms with Gasteiger partial charge in [-0.1, -0.05) is 0 Å². The number of epoxide rings is 1. The molecule has 4 heteroatoms. The number of rotatable bonds is 0. The molecule has 0 bridgehead atoms. The van der Waals surface area contributed by atoms with Gasteiger partial charge >= 0.3 is 0 Å². The predicted octanol–water partition coefficient (Wildman–Crippen LogP) is -1.54. The lowest BCUT2D eigenvalue weighted by Crippen LogP contribution is -2.40. The molecule has 2 N–H and O–H groups in total. The summed E-state index contributed by atoms with van der Waals surface area (Å²) in [5.41, 5.74) is 0. The molecule has 4 nitrogen and oxygen atoms in total. The first kappa shape index (κ1) is 5.61. The fourth-order valence-corrected chi connectivity index (χ4v) is 0.996. The molecule has 0 aromatic heterocycles. The van der Waals surface area contributed by atoms with Crippen LogP contribution in [0.25, 0.3) is 0 Å². The minimum Gasteiger partial charge on any atom is -0.388 e. The van der Waals surface area contributed by atoms with E-state index in [9.17, 15) is 0 Å². The smallest absolute Gasteiger partial charge is 0.187 e. The van der Waals surface area contributed by atoms with E-state index in [0.29, 0.717) is 0 Å². The Morgan fingerprint density at radius 3 is 2.78 bits per heavy atom. The molecule has 0 saturated carbocycles. The fourth-order valence-electron chi connectivity index (χ4n) is 0.996. The lowest BCUT2D eigenvalue weighted by molar-refractivity contribution is -0.0775. The summed E-state index contributed by atoms with van der Waals surface area (Å²) in [5, 5.41) is 18.0. The van der Waals surface area contributed by atoms with Crippen LogP contribution in [-0.4, -0.2) is 41.4 Å². The molecule has 2 rings (SSSR count). The molecule has 0 aliphatic carbocycles. The summed E-state index contributed by atoms with van der Waals surface area (Å²) in [6, 6.07) is 0. The molecule has 2 heterocycles. The van der Waals surface area contributed by atoms with Crippen LogP contribution >= 0.6 is 0 Å². The van der Waals surface area contributed by atoms with Gasteiger partial charge in [0.1, 0.15) is 18.3 Å². The second-order valence-electron chi connectivity index (χ2n) is 2.36. The van der Waals surface area contributed by atoms with E-state index < -0.39 is 12.2 Å². The zero-order chi connectivity index (χ0) is 6.43. The van der Waals surface area contributed by atoms with Gasteiger partial charge in [0, 0.05) is 0 Å². The standard InChI is InChI=1S/C5H8O4/c6-2-1-8-5-4(9-5)3(2)7/h2-7H,1H2/t2-,3?,4+,5-/m1/s1. The van der Waals surface area contributed by atoms with Crippen molar-refractivity contribution in [3.63, 3.8) is 0 Å². The fraction of sp³-hybridized carbons (Fsp3) is 1.00. The van der Waals surface area contributed by atoms with Crippen LogP contribution in [0, 0.1) is 0 Å². The van der Waals surface area contributed by atoms with E-state index in [1.165, 1.54) is 0 Å². The number of hydrogen-bond acceptors (Lipinski definition) is 4. The van der Waals surface area contributed by atoms with Crippen molar-refractivity contribution in [2.24, 2.45) is 0 Å². The number of hydrogen-bond donors (Lipinski definition) is 2. The van der Waals surface area contributed by atoms with Crippen LogP contribution in [0.2, 0.25) is 0 Å². The first-order valence-corrected chi connectivity index (χ1v) is 2.92. The number of fused-ring (bicyclic) bond motifs is 1. The third-order valence-corrected chi connectivity index (χ3v) is 1.64. The first-order chi connectivity index (χ1) is 4.29. The maximum atomic E-state index is 9.03. The first-order valence-electron chi connectivity index (χ1n) is 2.92. The zero-order valence-corrected chi connectivity index (χ0v) is 4.73. The van der Waals surface area contributed by atoms with Gasteiger partial charge in [-0.15, -0.1) is 0 Å². The van der Waals surface area contributed by atoms with E-state index in [1.54, 1.807) is 0 Å². The SMILES string of the molecule is OC1[C@H](O)CO[C@@H]2O[C@@H]12. The van der Waals surface area contributed by atoms with Crippen LogP contribution in [0.4, 0.5) is 0 Å². The molecule has 0 aromatic carbocycles. The summed E-state index contributed by atoms with van der Waals surface area (Å²) in [5.74, 6) is 0. The predicted molar refractivity (Wildman–Crippen MR) is 26.6 cm³/mol. The summed E-state index contributed by atoms with van der Waals surface area (Å²) < 4.78 is 9.73. The molecule has 0 aromatic rings. The van der Waals surface area contributed by atoms with Crippen LogP contribution < -0.4 is 0 Å². The highest BCUT2D eigenvalue weighted by Gasteiger charge is 2.52. The molecular weight excluding hydrogens is 124 g/mol. The molecule has 2 aliphatic heterocycles. The Balaban J connectivity index is 2.02. The highest BCUT2D eigenvalue weighted by atomic mass is 16.8. The van der Waals surface area contributed by atoms with Crippen molar-refractivity contribution >= 4 is 0 Å². The van der Waals surface area contributed by atoms with Crippen LogP contribution in [-0.2, 0) is 9.47 Å². The molecular formula is C5H8O4. The molecule has 9 heavy (non-hydrogen) atoms. The average Bonchev–Trinajstić information content (AvgIpc) is 2.58. The summed E-state index contributed by atoms with van der Waals surface area (Å²) in [7, 11) is 0. The Morgan fingerprint density at radius 1 is 1.33 bits per heavy atom. The van der Waals surface area contributed by atoms with Gasteiger partial charge in [-0.05, 0) is 0 Å². The molecule has 2 aliphatic rings. The van der Waals surface area contributed by atoms with Crippen molar-refractivity contribution in [3.05, 3.63) is 0 Å². The normalized spacial score (nSPS) is 56.7. The summed E-state index contributed by atoms with van der Waals surface area (Å²) in [4.78, 5) is 0.